The average Bonchev–Trinajstić information content (AvgIpc) is 2.90. The van der Waals surface area contributed by atoms with Gasteiger partial charge in [-0.1, -0.05) is 11.6 Å². The first-order chi connectivity index (χ1) is 12.6. The molecule has 0 spiro atoms. The number of nitrogens with two attached hydrogens (primary N) is 1. The highest BCUT2D eigenvalue weighted by Crippen LogP contribution is 2.36. The van der Waals surface area contributed by atoms with Gasteiger partial charge in [-0.15, -0.1) is 11.3 Å². The molecular formula is C16H14ClF3N6S. The number of halogens is 4. The van der Waals surface area contributed by atoms with Crippen LogP contribution in [0.2, 0.25) is 5.02 Å². The number of nitrogen functional groups attached to an aromatic ring is 1. The summed E-state index contributed by atoms with van der Waals surface area (Å²) in [6.07, 6.45) is -3.26. The molecule has 2 aromatic heterocycles. The van der Waals surface area contributed by atoms with Crippen molar-refractivity contribution < 1.29 is 13.2 Å². The maximum Gasteiger partial charge on any atom is 0.416 e. The molecule has 11 heteroatoms. The lowest BCUT2D eigenvalue weighted by Crippen LogP contribution is -2.08. The summed E-state index contributed by atoms with van der Waals surface area (Å²) in [6, 6.07) is 2.95. The largest absolute Gasteiger partial charge is 0.416 e. The standard InChI is InChI=1S/C16H14ClF3N6S/c1-7-8(2)27-15(24-7)26-14-12(21)13(22-6-23-14)25-11-5-9(16(18,19)20)3-4-10(11)17/h3-6H,21H2,1-2H3,(H2,22,23,24,25,26). The first-order valence-electron chi connectivity index (χ1n) is 7.60. The van der Waals surface area contributed by atoms with E-state index < -0.39 is 11.7 Å². The van der Waals surface area contributed by atoms with E-state index in [0.717, 1.165) is 28.8 Å². The van der Waals surface area contributed by atoms with Crippen LogP contribution < -0.4 is 16.4 Å². The highest BCUT2D eigenvalue weighted by Gasteiger charge is 2.31. The number of anilines is 5. The summed E-state index contributed by atoms with van der Waals surface area (Å²) in [4.78, 5) is 13.4. The van der Waals surface area contributed by atoms with Gasteiger partial charge >= 0.3 is 6.18 Å². The van der Waals surface area contributed by atoms with Gasteiger partial charge in [0.2, 0.25) is 0 Å². The summed E-state index contributed by atoms with van der Waals surface area (Å²) in [5.41, 5.74) is 6.25. The van der Waals surface area contributed by atoms with E-state index in [0.29, 0.717) is 5.13 Å². The highest BCUT2D eigenvalue weighted by atomic mass is 35.5. The summed E-state index contributed by atoms with van der Waals surface area (Å²) in [5, 5.41) is 6.41. The Hall–Kier alpha value is -2.59. The Balaban J connectivity index is 1.90. The Kier molecular flexibility index (Phi) is 5.11. The van der Waals surface area contributed by atoms with Crippen molar-refractivity contribution in [1.29, 1.82) is 0 Å². The van der Waals surface area contributed by atoms with Crippen molar-refractivity contribution in [1.82, 2.24) is 15.0 Å². The van der Waals surface area contributed by atoms with Gasteiger partial charge < -0.3 is 16.4 Å². The predicted molar refractivity (Wildman–Crippen MR) is 101 cm³/mol. The Labute approximate surface area is 161 Å². The fourth-order valence-electron chi connectivity index (χ4n) is 2.15. The van der Waals surface area contributed by atoms with E-state index in [1.54, 1.807) is 0 Å². The topological polar surface area (TPSA) is 88.8 Å². The molecule has 6 nitrogen and oxygen atoms in total. The van der Waals surface area contributed by atoms with Crippen molar-refractivity contribution in [2.24, 2.45) is 0 Å². The van der Waals surface area contributed by atoms with Crippen LogP contribution in [-0.2, 0) is 6.18 Å². The molecule has 1 aromatic carbocycles. The van der Waals surface area contributed by atoms with Crippen LogP contribution in [0.25, 0.3) is 0 Å². The predicted octanol–water partition coefficient (Wildman–Crippen LogP) is 5.29. The number of aromatic nitrogens is 3. The summed E-state index contributed by atoms with van der Waals surface area (Å²) >= 11 is 7.43. The van der Waals surface area contributed by atoms with Crippen LogP contribution in [0.4, 0.5) is 41.3 Å². The van der Waals surface area contributed by atoms with Gasteiger partial charge in [0, 0.05) is 4.88 Å². The molecule has 3 rings (SSSR count). The number of thiazole rings is 1. The van der Waals surface area contributed by atoms with Crippen molar-refractivity contribution in [2.45, 2.75) is 20.0 Å². The molecule has 2 heterocycles. The van der Waals surface area contributed by atoms with E-state index in [-0.39, 0.29) is 28.0 Å². The van der Waals surface area contributed by atoms with Crippen LogP contribution >= 0.6 is 22.9 Å². The van der Waals surface area contributed by atoms with Crippen LogP contribution in [0.1, 0.15) is 16.1 Å². The molecule has 0 aliphatic heterocycles. The lowest BCUT2D eigenvalue weighted by atomic mass is 10.2. The number of alkyl halides is 3. The number of rotatable bonds is 4. The summed E-state index contributed by atoms with van der Waals surface area (Å²) in [5.74, 6) is 0.406. The van der Waals surface area contributed by atoms with Crippen molar-refractivity contribution in [3.63, 3.8) is 0 Å². The van der Waals surface area contributed by atoms with E-state index in [9.17, 15) is 13.2 Å². The molecule has 4 N–H and O–H groups in total. The molecule has 0 fully saturated rings. The molecule has 0 radical (unpaired) electrons. The van der Waals surface area contributed by atoms with Gasteiger partial charge in [-0.25, -0.2) is 15.0 Å². The van der Waals surface area contributed by atoms with E-state index in [1.165, 1.54) is 17.7 Å². The van der Waals surface area contributed by atoms with Gasteiger partial charge in [-0.3, -0.25) is 0 Å². The summed E-state index contributed by atoms with van der Waals surface area (Å²) in [7, 11) is 0. The zero-order valence-corrected chi connectivity index (χ0v) is 15.7. The SMILES string of the molecule is Cc1nc(Nc2ncnc(Nc3cc(C(F)(F)F)ccc3Cl)c2N)sc1C. The Morgan fingerprint density at radius 1 is 1.11 bits per heavy atom. The van der Waals surface area contributed by atoms with Gasteiger partial charge in [-0.05, 0) is 32.0 Å². The third kappa shape index (κ3) is 4.22. The molecule has 0 aliphatic carbocycles. The molecule has 3 aromatic rings. The first kappa shape index (κ1) is 19.2. The van der Waals surface area contributed by atoms with Crippen molar-refractivity contribution >= 4 is 51.1 Å². The van der Waals surface area contributed by atoms with Crippen molar-refractivity contribution in [3.05, 3.63) is 45.7 Å². The van der Waals surface area contributed by atoms with Crippen LogP contribution in [0, 0.1) is 13.8 Å². The number of benzene rings is 1. The Morgan fingerprint density at radius 2 is 1.78 bits per heavy atom. The average molecular weight is 415 g/mol. The molecule has 0 saturated carbocycles. The van der Waals surface area contributed by atoms with Crippen molar-refractivity contribution in [3.8, 4) is 0 Å². The summed E-state index contributed by atoms with van der Waals surface area (Å²) < 4.78 is 38.8. The smallest absolute Gasteiger partial charge is 0.393 e. The third-order valence-electron chi connectivity index (χ3n) is 3.68. The second-order valence-electron chi connectivity index (χ2n) is 5.59. The highest BCUT2D eigenvalue weighted by molar-refractivity contribution is 7.15. The summed E-state index contributed by atoms with van der Waals surface area (Å²) in [6.45, 7) is 3.81. The minimum atomic E-state index is -4.49. The zero-order valence-electron chi connectivity index (χ0n) is 14.1. The van der Waals surface area contributed by atoms with Gasteiger partial charge in [0.1, 0.15) is 12.0 Å². The molecule has 0 unspecified atom stereocenters. The first-order valence-corrected chi connectivity index (χ1v) is 8.80. The molecule has 142 valence electrons. The Bertz CT molecular complexity index is 969. The minimum Gasteiger partial charge on any atom is -0.393 e. The number of nitrogens with one attached hydrogen (secondary N) is 2. The van der Waals surface area contributed by atoms with Crippen LogP contribution in [-0.4, -0.2) is 15.0 Å². The fourth-order valence-corrected chi connectivity index (χ4v) is 3.13. The lowest BCUT2D eigenvalue weighted by molar-refractivity contribution is -0.137. The van der Waals surface area contributed by atoms with E-state index in [2.05, 4.69) is 25.6 Å². The molecule has 0 amide bonds. The van der Waals surface area contributed by atoms with Gasteiger partial charge in [0.05, 0.1) is 22.0 Å². The van der Waals surface area contributed by atoms with Crippen LogP contribution in [0.5, 0.6) is 0 Å². The third-order valence-corrected chi connectivity index (χ3v) is 5.00. The van der Waals surface area contributed by atoms with E-state index in [1.807, 2.05) is 13.8 Å². The lowest BCUT2D eigenvalue weighted by Gasteiger charge is -2.14. The van der Waals surface area contributed by atoms with Gasteiger partial charge in [0.25, 0.3) is 0 Å². The number of nitrogens with zero attached hydrogens (tertiary/aromatic N) is 3. The second kappa shape index (κ2) is 7.20. The van der Waals surface area contributed by atoms with Crippen LogP contribution in [0.15, 0.2) is 24.5 Å². The molecule has 27 heavy (non-hydrogen) atoms. The minimum absolute atomic E-state index is 0.0313. The van der Waals surface area contributed by atoms with Crippen LogP contribution in [0.3, 0.4) is 0 Å². The van der Waals surface area contributed by atoms with E-state index >= 15 is 0 Å². The molecule has 0 aliphatic rings. The monoisotopic (exact) mass is 414 g/mol. The maximum atomic E-state index is 12.9. The van der Waals surface area contributed by atoms with E-state index in [4.69, 9.17) is 17.3 Å². The zero-order chi connectivity index (χ0) is 19.8. The molecule has 0 bridgehead atoms. The van der Waals surface area contributed by atoms with Crippen molar-refractivity contribution in [2.75, 3.05) is 16.4 Å². The quantitative estimate of drug-likeness (QED) is 0.537. The normalized spacial score (nSPS) is 11.5. The number of aryl methyl sites for hydroxylation is 2. The van der Waals surface area contributed by atoms with Gasteiger partial charge in [0.15, 0.2) is 16.8 Å². The molecule has 0 atom stereocenters. The number of hydrogen-bond donors (Lipinski definition) is 3. The molecular weight excluding hydrogens is 401 g/mol. The maximum absolute atomic E-state index is 12.9. The fraction of sp³-hybridized carbons (Fsp3) is 0.188. The second-order valence-corrected chi connectivity index (χ2v) is 7.20. The Morgan fingerprint density at radius 3 is 2.37 bits per heavy atom. The number of hydrogen-bond acceptors (Lipinski definition) is 7. The van der Waals surface area contributed by atoms with Gasteiger partial charge in [-0.2, -0.15) is 13.2 Å². The molecule has 0 saturated heterocycles.